The number of H-pyrrole nitrogens is 1. The molecule has 108 valence electrons. The fourth-order valence-electron chi connectivity index (χ4n) is 1.89. The lowest BCUT2D eigenvalue weighted by molar-refractivity contribution is -0.139. The second-order valence-corrected chi connectivity index (χ2v) is 4.54. The van der Waals surface area contributed by atoms with Crippen molar-refractivity contribution in [3.05, 3.63) is 69.6 Å². The molecule has 2 aromatic rings. The van der Waals surface area contributed by atoms with E-state index in [2.05, 4.69) is 10.3 Å². The second-order valence-electron chi connectivity index (χ2n) is 4.54. The molecule has 3 N–H and O–H groups in total. The first-order valence-corrected chi connectivity index (χ1v) is 6.27. The summed E-state index contributed by atoms with van der Waals surface area (Å²) in [5.41, 5.74) is 0.378. The molecule has 1 atom stereocenters. The number of carbonyl (C=O) groups excluding carboxylic acids is 1. The Morgan fingerprint density at radius 1 is 1.14 bits per heavy atom. The minimum Gasteiger partial charge on any atom is -0.479 e. The lowest BCUT2D eigenvalue weighted by Crippen LogP contribution is -2.36. The maximum absolute atomic E-state index is 12.1. The van der Waals surface area contributed by atoms with Gasteiger partial charge in [0.2, 0.25) is 0 Å². The van der Waals surface area contributed by atoms with Crippen molar-refractivity contribution in [2.24, 2.45) is 0 Å². The van der Waals surface area contributed by atoms with Gasteiger partial charge in [0.05, 0.1) is 0 Å². The van der Waals surface area contributed by atoms with Crippen LogP contribution in [0.25, 0.3) is 0 Å². The highest BCUT2D eigenvalue weighted by Gasteiger charge is 2.23. The number of aromatic amines is 1. The Kier molecular flexibility index (Phi) is 4.18. The molecule has 0 spiro atoms. The van der Waals surface area contributed by atoms with Crippen molar-refractivity contribution in [2.45, 2.75) is 13.0 Å². The van der Waals surface area contributed by atoms with Gasteiger partial charge >= 0.3 is 5.97 Å². The lowest BCUT2D eigenvalue weighted by Gasteiger charge is -2.14. The quantitative estimate of drug-likeness (QED) is 0.787. The zero-order valence-corrected chi connectivity index (χ0v) is 11.3. The molecule has 0 aliphatic heterocycles. The third-order valence-electron chi connectivity index (χ3n) is 2.96. The van der Waals surface area contributed by atoms with E-state index in [0.717, 1.165) is 0 Å². The number of hydrogen-bond acceptors (Lipinski definition) is 3. The first kappa shape index (κ1) is 14.5. The van der Waals surface area contributed by atoms with Crippen molar-refractivity contribution in [1.82, 2.24) is 10.3 Å². The van der Waals surface area contributed by atoms with E-state index in [4.69, 9.17) is 0 Å². The van der Waals surface area contributed by atoms with Crippen molar-refractivity contribution in [3.8, 4) is 0 Å². The molecule has 0 aliphatic carbocycles. The molecule has 0 radical (unpaired) electrons. The van der Waals surface area contributed by atoms with Crippen molar-refractivity contribution in [3.63, 3.8) is 0 Å². The predicted molar refractivity (Wildman–Crippen MR) is 76.1 cm³/mol. The molecule has 1 aromatic heterocycles. The van der Waals surface area contributed by atoms with E-state index in [1.54, 1.807) is 43.3 Å². The van der Waals surface area contributed by atoms with E-state index in [9.17, 15) is 19.5 Å². The summed E-state index contributed by atoms with van der Waals surface area (Å²) in [6, 6.07) is 10.0. The van der Waals surface area contributed by atoms with Gasteiger partial charge in [0, 0.05) is 5.69 Å². The third-order valence-corrected chi connectivity index (χ3v) is 2.96. The zero-order valence-electron chi connectivity index (χ0n) is 11.3. The van der Waals surface area contributed by atoms with Crippen LogP contribution in [-0.4, -0.2) is 22.0 Å². The molecular weight excluding hydrogens is 272 g/mol. The number of aromatic nitrogens is 1. The Morgan fingerprint density at radius 2 is 1.81 bits per heavy atom. The van der Waals surface area contributed by atoms with Crippen LogP contribution in [0.3, 0.4) is 0 Å². The number of amides is 1. The van der Waals surface area contributed by atoms with Crippen LogP contribution in [0.4, 0.5) is 0 Å². The Labute approximate surface area is 120 Å². The minimum absolute atomic E-state index is 0.122. The maximum atomic E-state index is 12.1. The minimum atomic E-state index is -1.21. The summed E-state index contributed by atoms with van der Waals surface area (Å²) in [7, 11) is 0. The van der Waals surface area contributed by atoms with Crippen molar-refractivity contribution >= 4 is 11.9 Å². The summed E-state index contributed by atoms with van der Waals surface area (Å²) in [6.45, 7) is 1.69. The summed E-state index contributed by atoms with van der Waals surface area (Å²) in [6.07, 6.45) is 0. The van der Waals surface area contributed by atoms with E-state index >= 15 is 0 Å². The molecule has 0 saturated heterocycles. The normalized spacial score (nSPS) is 11.7. The van der Waals surface area contributed by atoms with Gasteiger partial charge in [-0.05, 0) is 24.6 Å². The van der Waals surface area contributed by atoms with Crippen LogP contribution in [0.1, 0.15) is 27.7 Å². The average Bonchev–Trinajstić information content (AvgIpc) is 2.45. The van der Waals surface area contributed by atoms with Crippen LogP contribution >= 0.6 is 0 Å². The monoisotopic (exact) mass is 286 g/mol. The predicted octanol–water partition coefficient (Wildman–Crippen LogP) is 1.24. The fourth-order valence-corrected chi connectivity index (χ4v) is 1.89. The van der Waals surface area contributed by atoms with E-state index in [-0.39, 0.29) is 5.56 Å². The van der Waals surface area contributed by atoms with Gasteiger partial charge in [0.15, 0.2) is 6.04 Å². The topological polar surface area (TPSA) is 99.3 Å². The van der Waals surface area contributed by atoms with Crippen LogP contribution in [0.15, 0.2) is 47.3 Å². The Hall–Kier alpha value is -2.89. The number of carbonyl (C=O) groups is 2. The number of aliphatic carboxylic acids is 1. The number of aryl methyl sites for hydroxylation is 1. The Bertz CT molecular complexity index is 722. The van der Waals surface area contributed by atoms with E-state index in [1.165, 1.54) is 6.07 Å². The number of carboxylic acid groups (broad SMARTS) is 1. The molecule has 0 bridgehead atoms. The third kappa shape index (κ3) is 3.36. The first-order valence-electron chi connectivity index (χ1n) is 6.27. The SMILES string of the molecule is Cc1ccc(C(=O)N[C@@H](C(=O)O)c2ccccc2)c(=O)[nH]1. The molecular formula is C15H14N2O4. The molecule has 0 aliphatic rings. The maximum Gasteiger partial charge on any atom is 0.330 e. The second kappa shape index (κ2) is 6.04. The van der Waals surface area contributed by atoms with Crippen LogP contribution in [-0.2, 0) is 4.79 Å². The molecule has 6 nitrogen and oxygen atoms in total. The highest BCUT2D eigenvalue weighted by molar-refractivity contribution is 5.96. The first-order chi connectivity index (χ1) is 9.99. The van der Waals surface area contributed by atoms with Crippen LogP contribution in [0.2, 0.25) is 0 Å². The van der Waals surface area contributed by atoms with E-state index in [1.807, 2.05) is 0 Å². The molecule has 0 fully saturated rings. The van der Waals surface area contributed by atoms with E-state index in [0.29, 0.717) is 11.3 Å². The molecule has 0 unspecified atom stereocenters. The summed E-state index contributed by atoms with van der Waals surface area (Å²) in [5.74, 6) is -1.93. The molecule has 1 amide bonds. The van der Waals surface area contributed by atoms with Gasteiger partial charge in [0.25, 0.3) is 11.5 Å². The van der Waals surface area contributed by atoms with Gasteiger partial charge < -0.3 is 15.4 Å². The van der Waals surface area contributed by atoms with Crippen LogP contribution in [0, 0.1) is 6.92 Å². The van der Waals surface area contributed by atoms with Gasteiger partial charge in [-0.1, -0.05) is 30.3 Å². The molecule has 2 rings (SSSR count). The number of rotatable bonds is 4. The highest BCUT2D eigenvalue weighted by Crippen LogP contribution is 2.13. The summed E-state index contributed by atoms with van der Waals surface area (Å²) in [4.78, 5) is 37.6. The Balaban J connectivity index is 2.27. The van der Waals surface area contributed by atoms with Crippen molar-refractivity contribution < 1.29 is 14.7 Å². The Morgan fingerprint density at radius 3 is 2.38 bits per heavy atom. The number of pyridine rings is 1. The average molecular weight is 286 g/mol. The van der Waals surface area contributed by atoms with Crippen LogP contribution < -0.4 is 10.9 Å². The lowest BCUT2D eigenvalue weighted by atomic mass is 10.1. The molecule has 1 heterocycles. The molecule has 0 saturated carbocycles. The van der Waals surface area contributed by atoms with Crippen molar-refractivity contribution in [2.75, 3.05) is 0 Å². The molecule has 1 aromatic carbocycles. The smallest absolute Gasteiger partial charge is 0.330 e. The number of nitrogens with one attached hydrogen (secondary N) is 2. The van der Waals surface area contributed by atoms with Crippen LogP contribution in [0.5, 0.6) is 0 Å². The van der Waals surface area contributed by atoms with Gasteiger partial charge in [-0.25, -0.2) is 4.79 Å². The summed E-state index contributed by atoms with van der Waals surface area (Å²) >= 11 is 0. The number of carboxylic acids is 1. The molecule has 6 heteroatoms. The van der Waals surface area contributed by atoms with Gasteiger partial charge in [-0.3, -0.25) is 9.59 Å². The van der Waals surface area contributed by atoms with Crippen molar-refractivity contribution in [1.29, 1.82) is 0 Å². The number of hydrogen-bond donors (Lipinski definition) is 3. The number of benzene rings is 1. The zero-order chi connectivity index (χ0) is 15.4. The summed E-state index contributed by atoms with van der Waals surface area (Å²) < 4.78 is 0. The highest BCUT2D eigenvalue weighted by atomic mass is 16.4. The molecule has 21 heavy (non-hydrogen) atoms. The van der Waals surface area contributed by atoms with E-state index < -0.39 is 23.5 Å². The van der Waals surface area contributed by atoms with Gasteiger partial charge in [-0.15, -0.1) is 0 Å². The standard InChI is InChI=1S/C15H14N2O4/c1-9-7-8-11(13(18)16-9)14(19)17-12(15(20)21)10-5-3-2-4-6-10/h2-8,12H,1H3,(H,16,18)(H,17,19)(H,20,21)/t12-/m1/s1. The largest absolute Gasteiger partial charge is 0.479 e. The van der Waals surface area contributed by atoms with Gasteiger partial charge in [0.1, 0.15) is 5.56 Å². The summed E-state index contributed by atoms with van der Waals surface area (Å²) in [5, 5.41) is 11.6. The van der Waals surface area contributed by atoms with Gasteiger partial charge in [-0.2, -0.15) is 0 Å². The fraction of sp³-hybridized carbons (Fsp3) is 0.133.